The summed E-state index contributed by atoms with van der Waals surface area (Å²) in [5, 5.41) is 3.06. The van der Waals surface area contributed by atoms with E-state index in [2.05, 4.69) is 17.2 Å². The lowest BCUT2D eigenvalue weighted by Crippen LogP contribution is -2.32. The fraction of sp³-hybridized carbons (Fsp3) is 0.875. The first-order chi connectivity index (χ1) is 5.16. The molecule has 1 rings (SSSR count). The zero-order chi connectivity index (χ0) is 8.32. The molecule has 3 N–H and O–H groups in total. The zero-order valence-electron chi connectivity index (χ0n) is 7.35. The lowest BCUT2D eigenvalue weighted by atomic mass is 10.1. The van der Waals surface area contributed by atoms with Gasteiger partial charge in [-0.2, -0.15) is 0 Å². The second-order valence-electron chi connectivity index (χ2n) is 3.60. The number of aliphatic imine (C=N–C) groups is 1. The lowest BCUT2D eigenvalue weighted by molar-refractivity contribution is 0.513. The van der Waals surface area contributed by atoms with Gasteiger partial charge in [-0.25, -0.2) is 0 Å². The number of guanidine groups is 1. The predicted octanol–water partition coefficient (Wildman–Crippen LogP) is 0.711. The van der Waals surface area contributed by atoms with Crippen molar-refractivity contribution >= 4 is 5.96 Å². The quantitative estimate of drug-likeness (QED) is 0.466. The predicted molar refractivity (Wildman–Crippen MR) is 47.5 cm³/mol. The van der Waals surface area contributed by atoms with E-state index in [1.165, 1.54) is 19.3 Å². The minimum Gasteiger partial charge on any atom is -0.370 e. The van der Waals surface area contributed by atoms with Crippen molar-refractivity contribution in [2.24, 2.45) is 16.1 Å². The van der Waals surface area contributed by atoms with Gasteiger partial charge < -0.3 is 11.1 Å². The van der Waals surface area contributed by atoms with Crippen LogP contribution in [0.2, 0.25) is 0 Å². The van der Waals surface area contributed by atoms with Crippen LogP contribution in [-0.2, 0) is 0 Å². The van der Waals surface area contributed by atoms with Gasteiger partial charge in [-0.1, -0.05) is 6.92 Å². The van der Waals surface area contributed by atoms with Crippen molar-refractivity contribution in [2.75, 3.05) is 13.6 Å². The van der Waals surface area contributed by atoms with Gasteiger partial charge in [0, 0.05) is 13.6 Å². The fourth-order valence-corrected chi connectivity index (χ4v) is 1.03. The third-order valence-corrected chi connectivity index (χ3v) is 2.38. The molecule has 0 aromatic heterocycles. The highest BCUT2D eigenvalue weighted by atomic mass is 15.1. The topological polar surface area (TPSA) is 50.4 Å². The molecule has 64 valence electrons. The van der Waals surface area contributed by atoms with Crippen LogP contribution in [0.5, 0.6) is 0 Å². The standard InChI is InChI=1S/C8H17N3/c1-8(3-4-8)5-6-11-7(9)10-2/h3-6H2,1-2H3,(H3,9,10,11). The van der Waals surface area contributed by atoms with Crippen molar-refractivity contribution < 1.29 is 0 Å². The van der Waals surface area contributed by atoms with E-state index < -0.39 is 0 Å². The molecule has 0 saturated heterocycles. The molecule has 0 aromatic carbocycles. The molecule has 1 aliphatic rings. The Bertz CT molecular complexity index is 159. The van der Waals surface area contributed by atoms with Crippen LogP contribution in [0, 0.1) is 5.41 Å². The van der Waals surface area contributed by atoms with Crippen LogP contribution in [-0.4, -0.2) is 19.6 Å². The largest absolute Gasteiger partial charge is 0.370 e. The molecule has 11 heavy (non-hydrogen) atoms. The van der Waals surface area contributed by atoms with Gasteiger partial charge in [0.15, 0.2) is 5.96 Å². The molecule has 1 saturated carbocycles. The van der Waals surface area contributed by atoms with Crippen molar-refractivity contribution in [2.45, 2.75) is 26.2 Å². The number of nitrogens with one attached hydrogen (secondary N) is 1. The molecule has 0 aliphatic heterocycles. The molecule has 0 heterocycles. The molecular formula is C8H17N3. The fourth-order valence-electron chi connectivity index (χ4n) is 1.03. The van der Waals surface area contributed by atoms with E-state index in [1.807, 2.05) is 0 Å². The van der Waals surface area contributed by atoms with Gasteiger partial charge in [-0.3, -0.25) is 4.99 Å². The van der Waals surface area contributed by atoms with E-state index in [0.29, 0.717) is 11.4 Å². The normalized spacial score (nSPS) is 21.5. The van der Waals surface area contributed by atoms with Crippen molar-refractivity contribution in [3.63, 3.8) is 0 Å². The maximum absolute atomic E-state index is 5.46. The van der Waals surface area contributed by atoms with Crippen LogP contribution >= 0.6 is 0 Å². The number of nitrogens with two attached hydrogens (primary N) is 1. The molecule has 0 amide bonds. The minimum atomic E-state index is 0.550. The Morgan fingerprint density at radius 3 is 2.73 bits per heavy atom. The second-order valence-corrected chi connectivity index (χ2v) is 3.60. The van der Waals surface area contributed by atoms with E-state index >= 15 is 0 Å². The van der Waals surface area contributed by atoms with Crippen molar-refractivity contribution in [1.29, 1.82) is 0 Å². The zero-order valence-corrected chi connectivity index (χ0v) is 7.35. The molecule has 0 bridgehead atoms. The highest BCUT2D eigenvalue weighted by Gasteiger charge is 2.36. The monoisotopic (exact) mass is 155 g/mol. The third-order valence-electron chi connectivity index (χ3n) is 2.38. The van der Waals surface area contributed by atoms with Gasteiger partial charge in [-0.05, 0) is 24.7 Å². The average molecular weight is 155 g/mol. The van der Waals surface area contributed by atoms with Gasteiger partial charge in [0.1, 0.15) is 0 Å². The first-order valence-electron chi connectivity index (χ1n) is 4.12. The van der Waals surface area contributed by atoms with E-state index in [1.54, 1.807) is 7.05 Å². The molecule has 0 radical (unpaired) electrons. The summed E-state index contributed by atoms with van der Waals surface area (Å²) in [6, 6.07) is 0. The molecule has 0 aromatic rings. The number of hydrogen-bond acceptors (Lipinski definition) is 1. The van der Waals surface area contributed by atoms with Crippen LogP contribution in [0.25, 0.3) is 0 Å². The maximum atomic E-state index is 5.46. The van der Waals surface area contributed by atoms with Crippen LogP contribution in [0.1, 0.15) is 26.2 Å². The summed E-state index contributed by atoms with van der Waals surface area (Å²) in [4.78, 5) is 3.81. The maximum Gasteiger partial charge on any atom is 0.188 e. The van der Waals surface area contributed by atoms with Gasteiger partial charge in [0.25, 0.3) is 0 Å². The van der Waals surface area contributed by atoms with Crippen LogP contribution in [0.15, 0.2) is 4.99 Å². The third kappa shape index (κ3) is 2.78. The highest BCUT2D eigenvalue weighted by molar-refractivity contribution is 5.77. The SMILES string of the molecule is CN=C(N)NCCC1(C)CC1. The van der Waals surface area contributed by atoms with E-state index in [0.717, 1.165) is 6.54 Å². The molecular weight excluding hydrogens is 138 g/mol. The van der Waals surface area contributed by atoms with Gasteiger partial charge in [0.05, 0.1) is 0 Å². The summed E-state index contributed by atoms with van der Waals surface area (Å²) in [7, 11) is 1.70. The van der Waals surface area contributed by atoms with Crippen LogP contribution in [0.4, 0.5) is 0 Å². The summed E-state index contributed by atoms with van der Waals surface area (Å²) >= 11 is 0. The average Bonchev–Trinajstić information content (AvgIpc) is 2.68. The molecule has 3 heteroatoms. The molecule has 0 unspecified atom stereocenters. The Morgan fingerprint density at radius 2 is 2.27 bits per heavy atom. The summed E-state index contributed by atoms with van der Waals surface area (Å²) in [5.74, 6) is 0.550. The Morgan fingerprint density at radius 1 is 1.64 bits per heavy atom. The summed E-state index contributed by atoms with van der Waals surface area (Å²) in [6.45, 7) is 3.27. The number of rotatable bonds is 3. The van der Waals surface area contributed by atoms with E-state index in [4.69, 9.17) is 5.73 Å². The molecule has 0 spiro atoms. The van der Waals surface area contributed by atoms with Gasteiger partial charge in [-0.15, -0.1) is 0 Å². The first-order valence-corrected chi connectivity index (χ1v) is 4.12. The number of nitrogens with zero attached hydrogens (tertiary/aromatic N) is 1. The molecule has 1 fully saturated rings. The first kappa shape index (κ1) is 8.37. The van der Waals surface area contributed by atoms with Crippen molar-refractivity contribution in [3.05, 3.63) is 0 Å². The Kier molecular flexibility index (Phi) is 2.37. The summed E-state index contributed by atoms with van der Waals surface area (Å²) in [5.41, 5.74) is 6.07. The van der Waals surface area contributed by atoms with Crippen molar-refractivity contribution in [3.8, 4) is 0 Å². The Hall–Kier alpha value is -0.730. The highest BCUT2D eigenvalue weighted by Crippen LogP contribution is 2.47. The van der Waals surface area contributed by atoms with Crippen LogP contribution in [0.3, 0.4) is 0 Å². The molecule has 3 nitrogen and oxygen atoms in total. The minimum absolute atomic E-state index is 0.550. The van der Waals surface area contributed by atoms with Gasteiger partial charge >= 0.3 is 0 Å². The molecule has 0 atom stereocenters. The lowest BCUT2D eigenvalue weighted by Gasteiger charge is -2.08. The Labute approximate surface area is 68.1 Å². The smallest absolute Gasteiger partial charge is 0.188 e. The summed E-state index contributed by atoms with van der Waals surface area (Å²) in [6.07, 6.45) is 3.96. The van der Waals surface area contributed by atoms with Gasteiger partial charge in [0.2, 0.25) is 0 Å². The van der Waals surface area contributed by atoms with Crippen LogP contribution < -0.4 is 11.1 Å². The summed E-state index contributed by atoms with van der Waals surface area (Å²) < 4.78 is 0. The second kappa shape index (κ2) is 3.11. The Balaban J connectivity index is 2.05. The number of hydrogen-bond donors (Lipinski definition) is 2. The molecule has 1 aliphatic carbocycles. The van der Waals surface area contributed by atoms with E-state index in [9.17, 15) is 0 Å². The van der Waals surface area contributed by atoms with Crippen molar-refractivity contribution in [1.82, 2.24) is 5.32 Å². The van der Waals surface area contributed by atoms with E-state index in [-0.39, 0.29) is 0 Å².